The zero-order valence-corrected chi connectivity index (χ0v) is 9.52. The fourth-order valence-corrected chi connectivity index (χ4v) is 1.90. The third kappa shape index (κ3) is 2.47. The van der Waals surface area contributed by atoms with Gasteiger partial charge in [0.2, 0.25) is 0 Å². The fraction of sp³-hybridized carbons (Fsp3) is 0.231. The zero-order chi connectivity index (χ0) is 13.1. The highest BCUT2D eigenvalue weighted by Gasteiger charge is 2.22. The number of hydrogen-bond donors (Lipinski definition) is 3. The maximum absolute atomic E-state index is 10.5. The first-order valence-electron chi connectivity index (χ1n) is 5.50. The zero-order valence-electron chi connectivity index (χ0n) is 9.52. The van der Waals surface area contributed by atoms with Gasteiger partial charge in [-0.15, -0.1) is 0 Å². The number of pyridine rings is 1. The van der Waals surface area contributed by atoms with Crippen molar-refractivity contribution in [1.82, 2.24) is 4.98 Å². The molecule has 2 unspecified atom stereocenters. The number of benzene rings is 1. The number of aliphatic hydroxyl groups is 2. The Morgan fingerprint density at radius 1 is 1.28 bits per heavy atom. The number of carboxylic acids is 1. The van der Waals surface area contributed by atoms with Crippen molar-refractivity contribution in [2.45, 2.75) is 18.6 Å². The quantitative estimate of drug-likeness (QED) is 0.752. The van der Waals surface area contributed by atoms with E-state index in [4.69, 9.17) is 5.11 Å². The van der Waals surface area contributed by atoms with Crippen molar-refractivity contribution in [2.75, 3.05) is 0 Å². The molecule has 0 saturated heterocycles. The predicted octanol–water partition coefficient (Wildman–Crippen LogP) is 1.10. The van der Waals surface area contributed by atoms with E-state index in [0.717, 1.165) is 10.8 Å². The first-order valence-corrected chi connectivity index (χ1v) is 5.50. The topological polar surface area (TPSA) is 90.7 Å². The van der Waals surface area contributed by atoms with Gasteiger partial charge in [0.05, 0.1) is 12.5 Å². The lowest BCUT2D eigenvalue weighted by Crippen LogP contribution is -2.21. The average Bonchev–Trinajstić information content (AvgIpc) is 2.36. The summed E-state index contributed by atoms with van der Waals surface area (Å²) < 4.78 is 0. The molecule has 1 aromatic carbocycles. The van der Waals surface area contributed by atoms with Gasteiger partial charge in [0, 0.05) is 17.8 Å². The molecule has 0 fully saturated rings. The second-order valence-electron chi connectivity index (χ2n) is 4.05. The highest BCUT2D eigenvalue weighted by Crippen LogP contribution is 2.26. The number of hydrogen-bond acceptors (Lipinski definition) is 4. The molecule has 0 aliphatic rings. The van der Waals surface area contributed by atoms with Crippen LogP contribution in [0.25, 0.3) is 10.8 Å². The molecular weight excluding hydrogens is 234 g/mol. The largest absolute Gasteiger partial charge is 0.481 e. The molecule has 94 valence electrons. The monoisotopic (exact) mass is 247 g/mol. The van der Waals surface area contributed by atoms with Crippen LogP contribution in [0.4, 0.5) is 0 Å². The summed E-state index contributed by atoms with van der Waals surface area (Å²) in [7, 11) is 0. The third-order valence-electron chi connectivity index (χ3n) is 2.78. The summed E-state index contributed by atoms with van der Waals surface area (Å²) >= 11 is 0. The highest BCUT2D eigenvalue weighted by atomic mass is 16.4. The molecule has 18 heavy (non-hydrogen) atoms. The van der Waals surface area contributed by atoms with Crippen LogP contribution in [0.1, 0.15) is 18.1 Å². The molecule has 5 nitrogen and oxygen atoms in total. The van der Waals surface area contributed by atoms with Gasteiger partial charge in [0.1, 0.15) is 6.10 Å². The van der Waals surface area contributed by atoms with Crippen LogP contribution >= 0.6 is 0 Å². The molecule has 0 aliphatic carbocycles. The van der Waals surface area contributed by atoms with E-state index < -0.39 is 24.6 Å². The second-order valence-corrected chi connectivity index (χ2v) is 4.05. The van der Waals surface area contributed by atoms with E-state index in [-0.39, 0.29) is 0 Å². The van der Waals surface area contributed by atoms with Crippen LogP contribution in [-0.4, -0.2) is 32.4 Å². The average molecular weight is 247 g/mol. The van der Waals surface area contributed by atoms with Gasteiger partial charge in [-0.3, -0.25) is 9.78 Å². The first-order chi connectivity index (χ1) is 8.59. The molecule has 2 rings (SSSR count). The number of fused-ring (bicyclic) bond motifs is 1. The van der Waals surface area contributed by atoms with Gasteiger partial charge in [-0.2, -0.15) is 0 Å². The molecule has 1 aromatic heterocycles. The summed E-state index contributed by atoms with van der Waals surface area (Å²) in [6.07, 6.45) is 0.174. The van der Waals surface area contributed by atoms with Crippen molar-refractivity contribution >= 4 is 16.7 Å². The Hall–Kier alpha value is -1.98. The number of aromatic nitrogens is 1. The Morgan fingerprint density at radius 2 is 2.06 bits per heavy atom. The first kappa shape index (κ1) is 12.5. The van der Waals surface area contributed by atoms with E-state index >= 15 is 0 Å². The maximum atomic E-state index is 10.5. The summed E-state index contributed by atoms with van der Waals surface area (Å²) in [6.45, 7) is 0. The summed E-state index contributed by atoms with van der Waals surface area (Å²) in [5.74, 6) is -1.15. The van der Waals surface area contributed by atoms with E-state index in [1.807, 2.05) is 6.07 Å². The van der Waals surface area contributed by atoms with Gasteiger partial charge in [-0.1, -0.05) is 18.2 Å². The summed E-state index contributed by atoms with van der Waals surface area (Å²) in [5.41, 5.74) is 0.503. The van der Waals surface area contributed by atoms with Gasteiger partial charge in [0.25, 0.3) is 0 Å². The van der Waals surface area contributed by atoms with Crippen molar-refractivity contribution in [1.29, 1.82) is 0 Å². The van der Waals surface area contributed by atoms with Crippen molar-refractivity contribution in [3.63, 3.8) is 0 Å². The minimum Gasteiger partial charge on any atom is -0.481 e. The molecule has 2 aromatic rings. The van der Waals surface area contributed by atoms with Gasteiger partial charge >= 0.3 is 5.97 Å². The van der Waals surface area contributed by atoms with Crippen LogP contribution in [0.3, 0.4) is 0 Å². The number of aliphatic hydroxyl groups excluding tert-OH is 2. The van der Waals surface area contributed by atoms with Crippen LogP contribution < -0.4 is 0 Å². The Kier molecular flexibility index (Phi) is 3.55. The molecule has 0 spiro atoms. The molecule has 0 amide bonds. The summed E-state index contributed by atoms with van der Waals surface area (Å²) in [4.78, 5) is 14.5. The normalized spacial score (nSPS) is 14.3. The van der Waals surface area contributed by atoms with Crippen LogP contribution in [0.5, 0.6) is 0 Å². The van der Waals surface area contributed by atoms with Gasteiger partial charge in [-0.25, -0.2) is 0 Å². The third-order valence-corrected chi connectivity index (χ3v) is 2.78. The molecule has 1 heterocycles. The lowest BCUT2D eigenvalue weighted by atomic mass is 9.97. The van der Waals surface area contributed by atoms with Gasteiger partial charge in [0.15, 0.2) is 0 Å². The lowest BCUT2D eigenvalue weighted by molar-refractivity contribution is -0.141. The van der Waals surface area contributed by atoms with Crippen molar-refractivity contribution in [3.05, 3.63) is 42.2 Å². The standard InChI is InChI=1S/C13H13NO4/c15-11(6-12(16)17)13(18)10-3-1-2-8-7-14-5-4-9(8)10/h1-5,7,11,13,15,18H,6H2,(H,16,17). The van der Waals surface area contributed by atoms with Crippen molar-refractivity contribution in [3.8, 4) is 0 Å². The van der Waals surface area contributed by atoms with E-state index in [2.05, 4.69) is 4.98 Å². The highest BCUT2D eigenvalue weighted by molar-refractivity contribution is 5.85. The van der Waals surface area contributed by atoms with Gasteiger partial charge in [-0.05, 0) is 17.0 Å². The van der Waals surface area contributed by atoms with Gasteiger partial charge < -0.3 is 15.3 Å². The molecule has 0 saturated carbocycles. The predicted molar refractivity (Wildman–Crippen MR) is 65.0 cm³/mol. The maximum Gasteiger partial charge on any atom is 0.306 e. The van der Waals surface area contributed by atoms with Crippen LogP contribution in [-0.2, 0) is 4.79 Å². The molecule has 5 heteroatoms. The van der Waals surface area contributed by atoms with Crippen molar-refractivity contribution < 1.29 is 20.1 Å². The summed E-state index contributed by atoms with van der Waals surface area (Å²) in [6, 6.07) is 6.96. The Bertz CT molecular complexity index is 564. The number of carbonyl (C=O) groups is 1. The Morgan fingerprint density at radius 3 is 2.78 bits per heavy atom. The number of nitrogens with zero attached hydrogens (tertiary/aromatic N) is 1. The van der Waals surface area contributed by atoms with Crippen LogP contribution in [0, 0.1) is 0 Å². The molecule has 2 atom stereocenters. The SMILES string of the molecule is O=C(O)CC(O)C(O)c1cccc2cnccc12. The number of rotatable bonds is 4. The van der Waals surface area contributed by atoms with Crippen LogP contribution in [0.15, 0.2) is 36.7 Å². The second kappa shape index (κ2) is 5.12. The molecular formula is C13H13NO4. The smallest absolute Gasteiger partial charge is 0.306 e. The Labute approximate surface area is 103 Å². The lowest BCUT2D eigenvalue weighted by Gasteiger charge is -2.18. The molecule has 0 bridgehead atoms. The van der Waals surface area contributed by atoms with E-state index in [0.29, 0.717) is 5.56 Å². The van der Waals surface area contributed by atoms with Crippen LogP contribution in [0.2, 0.25) is 0 Å². The Balaban J connectivity index is 2.38. The molecule has 0 aliphatic heterocycles. The van der Waals surface area contributed by atoms with E-state index in [9.17, 15) is 15.0 Å². The minimum atomic E-state index is -1.33. The van der Waals surface area contributed by atoms with E-state index in [1.54, 1.807) is 30.6 Å². The molecule has 3 N–H and O–H groups in total. The number of carboxylic acid groups (broad SMARTS) is 1. The fourth-order valence-electron chi connectivity index (χ4n) is 1.90. The molecule has 0 radical (unpaired) electrons. The van der Waals surface area contributed by atoms with Crippen molar-refractivity contribution in [2.24, 2.45) is 0 Å². The summed E-state index contributed by atoms with van der Waals surface area (Å²) in [5, 5.41) is 29.9. The minimum absolute atomic E-state index is 0.497. The van der Waals surface area contributed by atoms with E-state index in [1.165, 1.54) is 0 Å². The number of aliphatic carboxylic acids is 1.